The number of rotatable bonds is 9. The first kappa shape index (κ1) is 19.7. The second-order valence-corrected chi connectivity index (χ2v) is 7.53. The molecule has 0 amide bonds. The average molecular weight is 379 g/mol. The smallest absolute Gasteiger partial charge is 0.315 e. The Morgan fingerprint density at radius 2 is 1.88 bits per heavy atom. The summed E-state index contributed by atoms with van der Waals surface area (Å²) in [5.41, 5.74) is 1.04. The third-order valence-corrected chi connectivity index (χ3v) is 5.90. The van der Waals surface area contributed by atoms with Crippen LogP contribution in [0.3, 0.4) is 0 Å². The van der Waals surface area contributed by atoms with Gasteiger partial charge in [0.05, 0.1) is 31.3 Å². The lowest BCUT2D eigenvalue weighted by Gasteiger charge is -2.23. The highest BCUT2D eigenvalue weighted by Crippen LogP contribution is 2.39. The van der Waals surface area contributed by atoms with Gasteiger partial charge in [-0.1, -0.05) is 36.4 Å². The molecule has 0 fully saturated rings. The van der Waals surface area contributed by atoms with Gasteiger partial charge in [0, 0.05) is 10.6 Å². The summed E-state index contributed by atoms with van der Waals surface area (Å²) in [4.78, 5) is 12.3. The van der Waals surface area contributed by atoms with E-state index in [1.54, 1.807) is 18.9 Å². The first-order valence-electron chi connectivity index (χ1n) is 7.82. The predicted octanol–water partition coefficient (Wildman–Crippen LogP) is 3.80. The zero-order chi connectivity index (χ0) is 18.1. The molecule has 2 rings (SSSR count). The van der Waals surface area contributed by atoms with Crippen molar-refractivity contribution in [2.45, 2.75) is 16.2 Å². The van der Waals surface area contributed by atoms with E-state index in [1.807, 2.05) is 54.6 Å². The van der Waals surface area contributed by atoms with E-state index < -0.39 is 6.10 Å². The first-order chi connectivity index (χ1) is 12.1. The molecule has 4 nitrogen and oxygen atoms in total. The maximum atomic E-state index is 11.3. The lowest BCUT2D eigenvalue weighted by atomic mass is 10.1. The highest BCUT2D eigenvalue weighted by molar-refractivity contribution is 8.00. The number of methoxy groups -OCH3 is 2. The molecular weight excluding hydrogens is 356 g/mol. The Kier molecular flexibility index (Phi) is 8.18. The molecule has 0 heterocycles. The maximum Gasteiger partial charge on any atom is 0.315 e. The van der Waals surface area contributed by atoms with Crippen molar-refractivity contribution in [3.63, 3.8) is 0 Å². The third-order valence-electron chi connectivity index (χ3n) is 3.52. The normalized spacial score (nSPS) is 13.1. The fraction of sp³-hybridized carbons (Fsp3) is 0.316. The van der Waals surface area contributed by atoms with Crippen molar-refractivity contribution in [1.82, 2.24) is 0 Å². The van der Waals surface area contributed by atoms with Crippen molar-refractivity contribution >= 4 is 29.5 Å². The van der Waals surface area contributed by atoms with Crippen molar-refractivity contribution in [2.75, 3.05) is 25.7 Å². The fourth-order valence-corrected chi connectivity index (χ4v) is 4.38. The van der Waals surface area contributed by atoms with Crippen LogP contribution in [0.5, 0.6) is 5.75 Å². The molecule has 0 saturated heterocycles. The molecule has 2 aromatic rings. The van der Waals surface area contributed by atoms with Gasteiger partial charge in [-0.25, -0.2) is 0 Å². The first-order valence-corrected chi connectivity index (χ1v) is 9.85. The molecule has 0 bridgehead atoms. The van der Waals surface area contributed by atoms with Crippen molar-refractivity contribution in [1.29, 1.82) is 0 Å². The molecule has 134 valence electrons. The number of aliphatic hydroxyl groups excluding tert-OH is 1. The van der Waals surface area contributed by atoms with Crippen molar-refractivity contribution in [3.05, 3.63) is 60.2 Å². The second-order valence-electron chi connectivity index (χ2n) is 5.29. The average Bonchev–Trinajstić information content (AvgIpc) is 2.66. The van der Waals surface area contributed by atoms with E-state index in [0.29, 0.717) is 5.75 Å². The van der Waals surface area contributed by atoms with Gasteiger partial charge in [0.25, 0.3) is 0 Å². The summed E-state index contributed by atoms with van der Waals surface area (Å²) in [6.07, 6.45) is -0.603. The van der Waals surface area contributed by atoms with Crippen LogP contribution in [0.25, 0.3) is 0 Å². The fourth-order valence-electron chi connectivity index (χ4n) is 2.24. The van der Waals surface area contributed by atoms with Crippen molar-refractivity contribution < 1.29 is 19.4 Å². The minimum atomic E-state index is -0.603. The predicted molar refractivity (Wildman–Crippen MR) is 103 cm³/mol. The number of benzene rings is 2. The SMILES string of the molecule is COC(=O)CSC[C@H](O)[C@H](Sc1cccc(OC)c1)c1ccccc1. The van der Waals surface area contributed by atoms with Crippen molar-refractivity contribution in [3.8, 4) is 5.75 Å². The van der Waals surface area contributed by atoms with Crippen LogP contribution in [-0.2, 0) is 9.53 Å². The van der Waals surface area contributed by atoms with E-state index in [9.17, 15) is 9.90 Å². The topological polar surface area (TPSA) is 55.8 Å². The summed E-state index contributed by atoms with van der Waals surface area (Å²) in [7, 11) is 3.00. The summed E-state index contributed by atoms with van der Waals surface area (Å²) in [5, 5.41) is 10.6. The molecule has 0 unspecified atom stereocenters. The molecule has 2 aromatic carbocycles. The molecule has 25 heavy (non-hydrogen) atoms. The summed E-state index contributed by atoms with van der Waals surface area (Å²) < 4.78 is 9.91. The van der Waals surface area contributed by atoms with Crippen molar-refractivity contribution in [2.24, 2.45) is 0 Å². The molecule has 0 spiro atoms. The standard InChI is InChI=1S/C19H22O4S2/c1-22-15-9-6-10-16(11-15)25-19(14-7-4-3-5-8-14)17(20)12-24-13-18(21)23-2/h3-11,17,19-20H,12-13H2,1-2H3/t17-,19+/m0/s1. The molecule has 0 aromatic heterocycles. The lowest BCUT2D eigenvalue weighted by molar-refractivity contribution is -0.137. The number of carbonyl (C=O) groups excluding carboxylic acids is 1. The highest BCUT2D eigenvalue weighted by atomic mass is 32.2. The second kappa shape index (κ2) is 10.4. The van der Waals surface area contributed by atoms with Gasteiger partial charge in [-0.15, -0.1) is 23.5 Å². The molecule has 1 N–H and O–H groups in total. The summed E-state index contributed by atoms with van der Waals surface area (Å²) in [6.45, 7) is 0. The molecule has 0 aliphatic carbocycles. The van der Waals surface area contributed by atoms with E-state index in [2.05, 4.69) is 4.74 Å². The van der Waals surface area contributed by atoms with Crippen LogP contribution < -0.4 is 4.74 Å². The Hall–Kier alpha value is -1.63. The monoisotopic (exact) mass is 378 g/mol. The van der Waals surface area contributed by atoms with Gasteiger partial charge in [0.15, 0.2) is 0 Å². The zero-order valence-electron chi connectivity index (χ0n) is 14.3. The number of esters is 1. The highest BCUT2D eigenvalue weighted by Gasteiger charge is 2.23. The zero-order valence-corrected chi connectivity index (χ0v) is 15.9. The van der Waals surface area contributed by atoms with Crippen LogP contribution in [0.1, 0.15) is 10.8 Å². The Morgan fingerprint density at radius 3 is 2.56 bits per heavy atom. The Bertz CT molecular complexity index is 663. The summed E-state index contributed by atoms with van der Waals surface area (Å²) >= 11 is 2.96. The molecular formula is C19H22O4S2. The van der Waals surface area contributed by atoms with E-state index in [1.165, 1.54) is 18.9 Å². The van der Waals surface area contributed by atoms with Crippen LogP contribution in [-0.4, -0.2) is 42.9 Å². The third kappa shape index (κ3) is 6.30. The minimum Gasteiger partial charge on any atom is -0.497 e. The maximum absolute atomic E-state index is 11.3. The number of hydrogen-bond acceptors (Lipinski definition) is 6. The molecule has 2 atom stereocenters. The van der Waals surface area contributed by atoms with Gasteiger partial charge in [0.1, 0.15) is 5.75 Å². The lowest BCUT2D eigenvalue weighted by Crippen LogP contribution is -2.20. The molecule has 6 heteroatoms. The van der Waals surface area contributed by atoms with E-state index in [0.717, 1.165) is 16.2 Å². The van der Waals surface area contributed by atoms with Gasteiger partial charge < -0.3 is 14.6 Å². The van der Waals surface area contributed by atoms with Gasteiger partial charge in [-0.2, -0.15) is 0 Å². The van der Waals surface area contributed by atoms with Crippen LogP contribution in [0.15, 0.2) is 59.5 Å². The van der Waals surface area contributed by atoms with Crippen LogP contribution in [0, 0.1) is 0 Å². The minimum absolute atomic E-state index is 0.140. The van der Waals surface area contributed by atoms with Crippen LogP contribution >= 0.6 is 23.5 Å². The Balaban J connectivity index is 2.11. The number of hydrogen-bond donors (Lipinski definition) is 1. The summed E-state index contributed by atoms with van der Waals surface area (Å²) in [5.74, 6) is 1.19. The quantitative estimate of drug-likeness (QED) is 0.529. The van der Waals surface area contributed by atoms with Gasteiger partial charge in [-0.05, 0) is 23.8 Å². The van der Waals surface area contributed by atoms with Gasteiger partial charge >= 0.3 is 5.97 Å². The number of thioether (sulfide) groups is 2. The van der Waals surface area contributed by atoms with Gasteiger partial charge in [-0.3, -0.25) is 4.79 Å². The Morgan fingerprint density at radius 1 is 1.12 bits per heavy atom. The summed E-state index contributed by atoms with van der Waals surface area (Å²) in [6, 6.07) is 17.7. The number of ether oxygens (including phenoxy) is 2. The number of carbonyl (C=O) groups is 1. The number of aliphatic hydroxyl groups is 1. The largest absolute Gasteiger partial charge is 0.497 e. The van der Waals surface area contributed by atoms with Gasteiger partial charge in [0.2, 0.25) is 0 Å². The molecule has 0 radical (unpaired) electrons. The molecule has 0 saturated carbocycles. The van der Waals surface area contributed by atoms with E-state index in [-0.39, 0.29) is 17.0 Å². The molecule has 0 aliphatic rings. The van der Waals surface area contributed by atoms with E-state index >= 15 is 0 Å². The van der Waals surface area contributed by atoms with Crippen LogP contribution in [0.4, 0.5) is 0 Å². The Labute approximate surface area is 156 Å². The molecule has 0 aliphatic heterocycles. The van der Waals surface area contributed by atoms with E-state index in [4.69, 9.17) is 4.74 Å². The van der Waals surface area contributed by atoms with Crippen LogP contribution in [0.2, 0.25) is 0 Å².